The van der Waals surface area contributed by atoms with E-state index in [4.69, 9.17) is 14.6 Å². The molecular formula is C10H12FNO4. The lowest BCUT2D eigenvalue weighted by Crippen LogP contribution is -2.08. The van der Waals surface area contributed by atoms with Gasteiger partial charge in [0.15, 0.2) is 0 Å². The number of pyridine rings is 1. The molecule has 0 fully saturated rings. The van der Waals surface area contributed by atoms with Crippen molar-refractivity contribution in [2.45, 2.75) is 6.42 Å². The van der Waals surface area contributed by atoms with Gasteiger partial charge in [-0.15, -0.1) is 0 Å². The lowest BCUT2D eigenvalue weighted by molar-refractivity contribution is 0.0690. The highest BCUT2D eigenvalue weighted by atomic mass is 19.1. The molecule has 0 spiro atoms. The zero-order chi connectivity index (χ0) is 12.0. The van der Waals surface area contributed by atoms with Crippen LogP contribution in [0.4, 0.5) is 4.39 Å². The number of carboxylic acid groups (broad SMARTS) is 1. The van der Waals surface area contributed by atoms with E-state index in [0.717, 1.165) is 12.3 Å². The van der Waals surface area contributed by atoms with Gasteiger partial charge in [-0.05, 0) is 6.07 Å². The first-order valence-corrected chi connectivity index (χ1v) is 4.65. The average molecular weight is 229 g/mol. The van der Waals surface area contributed by atoms with E-state index in [1.54, 1.807) is 7.11 Å². The van der Waals surface area contributed by atoms with E-state index in [2.05, 4.69) is 4.98 Å². The Morgan fingerprint density at radius 3 is 2.94 bits per heavy atom. The second kappa shape index (κ2) is 6.02. The number of hydrogen-bond donors (Lipinski definition) is 1. The Morgan fingerprint density at radius 1 is 1.56 bits per heavy atom. The van der Waals surface area contributed by atoms with E-state index in [1.165, 1.54) is 0 Å². The van der Waals surface area contributed by atoms with Crippen LogP contribution in [0.3, 0.4) is 0 Å². The van der Waals surface area contributed by atoms with Crippen molar-refractivity contribution in [2.75, 3.05) is 20.3 Å². The van der Waals surface area contributed by atoms with Crippen LogP contribution in [-0.2, 0) is 4.74 Å². The van der Waals surface area contributed by atoms with Gasteiger partial charge >= 0.3 is 5.97 Å². The van der Waals surface area contributed by atoms with Gasteiger partial charge in [-0.1, -0.05) is 0 Å². The first-order valence-electron chi connectivity index (χ1n) is 4.65. The molecule has 0 unspecified atom stereocenters. The summed E-state index contributed by atoms with van der Waals surface area (Å²) in [7, 11) is 1.55. The largest absolute Gasteiger partial charge is 0.477 e. The molecule has 1 aromatic heterocycles. The van der Waals surface area contributed by atoms with E-state index in [1.807, 2.05) is 0 Å². The average Bonchev–Trinajstić information content (AvgIpc) is 2.26. The molecule has 0 aliphatic carbocycles. The minimum Gasteiger partial charge on any atom is -0.477 e. The fourth-order valence-electron chi connectivity index (χ4n) is 1.07. The van der Waals surface area contributed by atoms with Gasteiger partial charge in [0, 0.05) is 20.1 Å². The quantitative estimate of drug-likeness (QED) is 0.745. The van der Waals surface area contributed by atoms with Gasteiger partial charge in [-0.25, -0.2) is 14.2 Å². The van der Waals surface area contributed by atoms with Gasteiger partial charge in [0.25, 0.3) is 0 Å². The van der Waals surface area contributed by atoms with E-state index in [0.29, 0.717) is 13.0 Å². The highest BCUT2D eigenvalue weighted by Gasteiger charge is 2.13. The molecule has 0 saturated carbocycles. The van der Waals surface area contributed by atoms with Crippen molar-refractivity contribution in [3.05, 3.63) is 23.6 Å². The number of carbonyl (C=O) groups is 1. The third kappa shape index (κ3) is 3.47. The van der Waals surface area contributed by atoms with E-state index >= 15 is 0 Å². The molecule has 88 valence electrons. The molecule has 0 atom stereocenters. The minimum atomic E-state index is -1.27. The van der Waals surface area contributed by atoms with Crippen molar-refractivity contribution in [3.63, 3.8) is 0 Å². The third-order valence-corrected chi connectivity index (χ3v) is 1.78. The van der Waals surface area contributed by atoms with Gasteiger partial charge in [0.1, 0.15) is 11.4 Å². The molecule has 0 bridgehead atoms. The van der Waals surface area contributed by atoms with E-state index in [9.17, 15) is 9.18 Å². The van der Waals surface area contributed by atoms with Crippen LogP contribution in [0, 0.1) is 5.82 Å². The molecule has 0 aliphatic heterocycles. The molecule has 0 aliphatic rings. The molecule has 0 amide bonds. The Morgan fingerprint density at radius 2 is 2.31 bits per heavy atom. The van der Waals surface area contributed by atoms with Crippen molar-refractivity contribution in [1.82, 2.24) is 4.98 Å². The van der Waals surface area contributed by atoms with Crippen LogP contribution in [0.1, 0.15) is 16.8 Å². The second-order valence-electron chi connectivity index (χ2n) is 3.01. The predicted molar refractivity (Wildman–Crippen MR) is 53.1 cm³/mol. The SMILES string of the molecule is COCCCOc1ncc(F)cc1C(=O)O. The fourth-order valence-corrected chi connectivity index (χ4v) is 1.07. The van der Waals surface area contributed by atoms with Crippen molar-refractivity contribution < 1.29 is 23.8 Å². The van der Waals surface area contributed by atoms with Crippen molar-refractivity contribution in [2.24, 2.45) is 0 Å². The molecule has 1 heterocycles. The van der Waals surface area contributed by atoms with Crippen LogP contribution in [0.25, 0.3) is 0 Å². The Kier molecular flexibility index (Phi) is 4.65. The zero-order valence-corrected chi connectivity index (χ0v) is 8.77. The maximum absolute atomic E-state index is 12.7. The molecule has 1 N–H and O–H groups in total. The van der Waals surface area contributed by atoms with Crippen molar-refractivity contribution in [3.8, 4) is 5.88 Å². The summed E-state index contributed by atoms with van der Waals surface area (Å²) in [5.74, 6) is -2.06. The number of ether oxygens (including phenoxy) is 2. The van der Waals surface area contributed by atoms with Crippen molar-refractivity contribution >= 4 is 5.97 Å². The third-order valence-electron chi connectivity index (χ3n) is 1.78. The highest BCUT2D eigenvalue weighted by Crippen LogP contribution is 2.16. The van der Waals surface area contributed by atoms with Gasteiger partial charge in [-0.3, -0.25) is 0 Å². The number of carboxylic acids is 1. The van der Waals surface area contributed by atoms with Crippen molar-refractivity contribution in [1.29, 1.82) is 0 Å². The smallest absolute Gasteiger partial charge is 0.341 e. The van der Waals surface area contributed by atoms with Gasteiger partial charge < -0.3 is 14.6 Å². The number of aromatic carboxylic acids is 1. The number of aromatic nitrogens is 1. The van der Waals surface area contributed by atoms with Crippen LogP contribution >= 0.6 is 0 Å². The van der Waals surface area contributed by atoms with E-state index in [-0.39, 0.29) is 18.1 Å². The first kappa shape index (κ1) is 12.4. The van der Waals surface area contributed by atoms with E-state index < -0.39 is 11.8 Å². The predicted octanol–water partition coefficient (Wildman–Crippen LogP) is 1.33. The first-order chi connectivity index (χ1) is 7.65. The number of methoxy groups -OCH3 is 1. The monoisotopic (exact) mass is 229 g/mol. The minimum absolute atomic E-state index is 0.0787. The summed E-state index contributed by atoms with van der Waals surface area (Å²) in [5.41, 5.74) is -0.280. The summed E-state index contributed by atoms with van der Waals surface area (Å²) in [5, 5.41) is 8.78. The Labute approximate surface area is 91.8 Å². The summed E-state index contributed by atoms with van der Waals surface area (Å²) in [6.07, 6.45) is 1.52. The topological polar surface area (TPSA) is 68.7 Å². The van der Waals surface area contributed by atoms with Crippen LogP contribution in [-0.4, -0.2) is 36.4 Å². The zero-order valence-electron chi connectivity index (χ0n) is 8.77. The summed E-state index contributed by atoms with van der Waals surface area (Å²) in [4.78, 5) is 14.3. The molecular weight excluding hydrogens is 217 g/mol. The molecule has 6 heteroatoms. The Hall–Kier alpha value is -1.69. The normalized spacial score (nSPS) is 10.1. The van der Waals surface area contributed by atoms with Gasteiger partial charge in [0.2, 0.25) is 5.88 Å². The second-order valence-corrected chi connectivity index (χ2v) is 3.01. The number of hydrogen-bond acceptors (Lipinski definition) is 4. The summed E-state index contributed by atoms with van der Waals surface area (Å²) < 4.78 is 22.7. The maximum Gasteiger partial charge on any atom is 0.341 e. The fraction of sp³-hybridized carbons (Fsp3) is 0.400. The molecule has 5 nitrogen and oxygen atoms in total. The number of nitrogens with zero attached hydrogens (tertiary/aromatic N) is 1. The molecule has 1 aromatic rings. The lowest BCUT2D eigenvalue weighted by atomic mass is 10.3. The summed E-state index contributed by atoms with van der Waals surface area (Å²) in [6.45, 7) is 0.774. The van der Waals surface area contributed by atoms with Gasteiger partial charge in [-0.2, -0.15) is 0 Å². The Bertz CT molecular complexity index is 370. The lowest BCUT2D eigenvalue weighted by Gasteiger charge is -2.07. The molecule has 0 aromatic carbocycles. The summed E-state index contributed by atoms with van der Waals surface area (Å²) in [6, 6.07) is 0.876. The van der Waals surface area contributed by atoms with Crippen LogP contribution in [0.15, 0.2) is 12.3 Å². The Balaban J connectivity index is 2.67. The standard InChI is InChI=1S/C10H12FNO4/c1-15-3-2-4-16-9-8(10(13)14)5-7(11)6-12-9/h5-6H,2-4H2,1H3,(H,13,14). The maximum atomic E-state index is 12.7. The number of rotatable bonds is 6. The molecule has 0 saturated heterocycles. The highest BCUT2D eigenvalue weighted by molar-refractivity contribution is 5.90. The molecule has 0 radical (unpaired) electrons. The summed E-state index contributed by atoms with van der Waals surface area (Å²) >= 11 is 0. The molecule has 1 rings (SSSR count). The van der Waals surface area contributed by atoms with Gasteiger partial charge in [0.05, 0.1) is 12.8 Å². The number of halogens is 1. The van der Waals surface area contributed by atoms with Crippen LogP contribution in [0.5, 0.6) is 5.88 Å². The van der Waals surface area contributed by atoms with Crippen LogP contribution < -0.4 is 4.74 Å². The van der Waals surface area contributed by atoms with Crippen LogP contribution in [0.2, 0.25) is 0 Å². The molecule has 16 heavy (non-hydrogen) atoms.